The Morgan fingerprint density at radius 2 is 1.81 bits per heavy atom. The number of benzene rings is 2. The van der Waals surface area contributed by atoms with E-state index in [4.69, 9.17) is 10.5 Å². The fraction of sp³-hybridized carbons (Fsp3) is 0.208. The van der Waals surface area contributed by atoms with Gasteiger partial charge in [-0.1, -0.05) is 48.5 Å². The molecule has 31 heavy (non-hydrogen) atoms. The van der Waals surface area contributed by atoms with Gasteiger partial charge in [0.1, 0.15) is 5.69 Å². The van der Waals surface area contributed by atoms with E-state index in [2.05, 4.69) is 40.0 Å². The second-order valence-electron chi connectivity index (χ2n) is 7.86. The van der Waals surface area contributed by atoms with Gasteiger partial charge in [0.05, 0.1) is 17.6 Å². The summed E-state index contributed by atoms with van der Waals surface area (Å²) in [6.45, 7) is 2.49. The Labute approximate surface area is 180 Å². The molecule has 7 nitrogen and oxygen atoms in total. The summed E-state index contributed by atoms with van der Waals surface area (Å²) in [4.78, 5) is 15.5. The lowest BCUT2D eigenvalue weighted by Crippen LogP contribution is -2.37. The Morgan fingerprint density at radius 3 is 2.52 bits per heavy atom. The third-order valence-corrected chi connectivity index (χ3v) is 5.42. The lowest BCUT2D eigenvalue weighted by Gasteiger charge is -2.24. The molecule has 0 aliphatic rings. The van der Waals surface area contributed by atoms with Crippen molar-refractivity contribution < 1.29 is 9.66 Å². The van der Waals surface area contributed by atoms with Crippen LogP contribution < -0.4 is 10.5 Å². The average Bonchev–Trinajstić information content (AvgIpc) is 3.10. The Bertz CT molecular complexity index is 1230. The normalized spacial score (nSPS) is 13.1. The Hall–Kier alpha value is -3.71. The van der Waals surface area contributed by atoms with Crippen LogP contribution in [0.3, 0.4) is 0 Å². The zero-order chi connectivity index (χ0) is 22.0. The topological polar surface area (TPSA) is 96.2 Å². The third-order valence-electron chi connectivity index (χ3n) is 5.42. The highest BCUT2D eigenvalue weighted by atomic mass is 16.6. The second-order valence-corrected chi connectivity index (χ2v) is 7.86. The van der Waals surface area contributed by atoms with Gasteiger partial charge in [0.25, 0.3) is 5.69 Å². The third kappa shape index (κ3) is 4.13. The van der Waals surface area contributed by atoms with E-state index >= 15 is 0 Å². The number of ether oxygens (including phenoxy) is 1. The summed E-state index contributed by atoms with van der Waals surface area (Å²) in [6.07, 6.45) is 2.46. The van der Waals surface area contributed by atoms with Crippen molar-refractivity contribution in [2.45, 2.75) is 25.4 Å². The summed E-state index contributed by atoms with van der Waals surface area (Å²) in [5.74, 6) is 0.295. The fourth-order valence-electron chi connectivity index (χ4n) is 3.97. The molecule has 1 atom stereocenters. The zero-order valence-electron chi connectivity index (χ0n) is 17.5. The molecule has 158 valence electrons. The van der Waals surface area contributed by atoms with E-state index in [9.17, 15) is 10.1 Å². The van der Waals surface area contributed by atoms with Crippen LogP contribution in [0.2, 0.25) is 0 Å². The molecule has 0 saturated heterocycles. The molecule has 4 aromatic rings. The van der Waals surface area contributed by atoms with Crippen molar-refractivity contribution in [1.29, 1.82) is 0 Å². The molecule has 0 radical (unpaired) electrons. The zero-order valence-corrected chi connectivity index (χ0v) is 17.5. The molecule has 0 fully saturated rings. The molecule has 2 N–H and O–H groups in total. The fourth-order valence-corrected chi connectivity index (χ4v) is 3.97. The van der Waals surface area contributed by atoms with Gasteiger partial charge in [0, 0.05) is 35.8 Å². The number of nitrogens with zero attached hydrogens (tertiary/aromatic N) is 3. The molecule has 0 spiro atoms. The van der Waals surface area contributed by atoms with Crippen LogP contribution in [0.1, 0.15) is 23.7 Å². The van der Waals surface area contributed by atoms with Gasteiger partial charge in [-0.15, -0.1) is 0 Å². The van der Waals surface area contributed by atoms with Crippen molar-refractivity contribution in [2.24, 2.45) is 5.73 Å². The summed E-state index contributed by atoms with van der Waals surface area (Å²) in [5, 5.41) is 12.7. The van der Waals surface area contributed by atoms with E-state index < -0.39 is 10.5 Å². The minimum Gasteiger partial charge on any atom is -0.481 e. The molecule has 2 aromatic carbocycles. The number of rotatable bonds is 7. The average molecular weight is 416 g/mol. The Balaban J connectivity index is 1.76. The van der Waals surface area contributed by atoms with Crippen LogP contribution in [0.25, 0.3) is 10.9 Å². The quantitative estimate of drug-likeness (QED) is 0.355. The van der Waals surface area contributed by atoms with Crippen LogP contribution in [-0.2, 0) is 18.5 Å². The molecule has 0 aliphatic heterocycles. The summed E-state index contributed by atoms with van der Waals surface area (Å²) < 4.78 is 7.37. The van der Waals surface area contributed by atoms with Gasteiger partial charge in [-0.3, -0.25) is 10.1 Å². The van der Waals surface area contributed by atoms with Gasteiger partial charge in [0.15, 0.2) is 0 Å². The molecule has 1 unspecified atom stereocenters. The smallest absolute Gasteiger partial charge is 0.292 e. The summed E-state index contributed by atoms with van der Waals surface area (Å²) in [7, 11) is 1.48. The minimum atomic E-state index is -1.07. The summed E-state index contributed by atoms with van der Waals surface area (Å²) >= 11 is 0. The van der Waals surface area contributed by atoms with E-state index in [-0.39, 0.29) is 11.4 Å². The number of fused-ring (bicyclic) bond motifs is 1. The SMILES string of the molecule is COc1ccc([N+](=O)[O-])c(C(C)(N)Cc2cn(Cc3ccccc3)c3ccccc23)n1. The first kappa shape index (κ1) is 20.6. The van der Waals surface area contributed by atoms with Crippen LogP contribution in [-0.4, -0.2) is 21.6 Å². The van der Waals surface area contributed by atoms with Crippen molar-refractivity contribution in [3.05, 3.63) is 99.9 Å². The number of nitro groups is 1. The predicted molar refractivity (Wildman–Crippen MR) is 120 cm³/mol. The number of hydrogen-bond acceptors (Lipinski definition) is 5. The molecule has 2 heterocycles. The number of methoxy groups -OCH3 is 1. The van der Waals surface area contributed by atoms with Gasteiger partial charge in [-0.05, 0) is 30.5 Å². The molecule has 0 amide bonds. The molecular formula is C24H24N4O3. The van der Waals surface area contributed by atoms with E-state index in [0.717, 1.165) is 23.0 Å². The number of aromatic nitrogens is 2. The van der Waals surface area contributed by atoms with Gasteiger partial charge < -0.3 is 15.0 Å². The van der Waals surface area contributed by atoms with Gasteiger partial charge in [0.2, 0.25) is 5.88 Å². The van der Waals surface area contributed by atoms with E-state index in [1.165, 1.54) is 24.8 Å². The molecule has 0 aliphatic carbocycles. The highest BCUT2D eigenvalue weighted by molar-refractivity contribution is 5.84. The highest BCUT2D eigenvalue weighted by Gasteiger charge is 2.33. The maximum absolute atomic E-state index is 11.6. The standard InChI is InChI=1S/C24H24N4O3/c1-24(25,23-21(28(29)30)12-13-22(26-23)31-2)14-18-16-27(15-17-8-4-3-5-9-17)20-11-7-6-10-19(18)20/h3-13,16H,14-15,25H2,1-2H3. The largest absolute Gasteiger partial charge is 0.481 e. The lowest BCUT2D eigenvalue weighted by molar-refractivity contribution is -0.386. The van der Waals surface area contributed by atoms with E-state index in [1.54, 1.807) is 6.92 Å². The molecular weight excluding hydrogens is 392 g/mol. The van der Waals surface area contributed by atoms with Crippen molar-refractivity contribution in [2.75, 3.05) is 7.11 Å². The molecule has 0 bridgehead atoms. The van der Waals surface area contributed by atoms with Crippen LogP contribution in [0.4, 0.5) is 5.69 Å². The van der Waals surface area contributed by atoms with E-state index in [1.807, 2.05) is 30.3 Å². The maximum Gasteiger partial charge on any atom is 0.292 e. The van der Waals surface area contributed by atoms with Crippen LogP contribution >= 0.6 is 0 Å². The first-order valence-electron chi connectivity index (χ1n) is 9.98. The first-order valence-corrected chi connectivity index (χ1v) is 9.98. The summed E-state index contributed by atoms with van der Waals surface area (Å²) in [6, 6.07) is 21.2. The molecule has 0 saturated carbocycles. The number of hydrogen-bond donors (Lipinski definition) is 1. The summed E-state index contributed by atoms with van der Waals surface area (Å²) in [5.41, 5.74) is 8.96. The molecule has 2 aromatic heterocycles. The van der Waals surface area contributed by atoms with Crippen molar-refractivity contribution in [1.82, 2.24) is 9.55 Å². The van der Waals surface area contributed by atoms with Crippen LogP contribution in [0, 0.1) is 10.1 Å². The lowest BCUT2D eigenvalue weighted by atomic mass is 9.89. The highest BCUT2D eigenvalue weighted by Crippen LogP contribution is 2.33. The molecule has 7 heteroatoms. The van der Waals surface area contributed by atoms with Gasteiger partial charge in [-0.2, -0.15) is 0 Å². The Morgan fingerprint density at radius 1 is 1.10 bits per heavy atom. The van der Waals surface area contributed by atoms with Crippen molar-refractivity contribution in [3.63, 3.8) is 0 Å². The predicted octanol–water partition coefficient (Wildman–Crippen LogP) is 4.42. The van der Waals surface area contributed by atoms with Gasteiger partial charge in [-0.25, -0.2) is 4.98 Å². The first-order chi connectivity index (χ1) is 14.9. The van der Waals surface area contributed by atoms with Crippen LogP contribution in [0.5, 0.6) is 5.88 Å². The minimum absolute atomic E-state index is 0.112. The monoisotopic (exact) mass is 416 g/mol. The maximum atomic E-state index is 11.6. The number of pyridine rings is 1. The number of para-hydroxylation sites is 1. The van der Waals surface area contributed by atoms with Crippen LogP contribution in [0.15, 0.2) is 72.9 Å². The van der Waals surface area contributed by atoms with E-state index in [0.29, 0.717) is 12.3 Å². The Kier molecular flexibility index (Phi) is 5.44. The second kappa shape index (κ2) is 8.20. The van der Waals surface area contributed by atoms with Crippen molar-refractivity contribution in [3.8, 4) is 5.88 Å². The number of nitrogens with two attached hydrogens (primary N) is 1. The molecule has 4 rings (SSSR count). The van der Waals surface area contributed by atoms with Gasteiger partial charge >= 0.3 is 0 Å². The van der Waals surface area contributed by atoms with Crippen molar-refractivity contribution >= 4 is 16.6 Å².